The van der Waals surface area contributed by atoms with E-state index in [-0.39, 0.29) is 5.75 Å². The van der Waals surface area contributed by atoms with Gasteiger partial charge in [0.1, 0.15) is 0 Å². The van der Waals surface area contributed by atoms with Gasteiger partial charge in [0.05, 0.1) is 5.75 Å². The molecule has 0 aromatic heterocycles. The molecule has 0 aliphatic carbocycles. The van der Waals surface area contributed by atoms with Crippen molar-refractivity contribution < 1.29 is 8.42 Å². The molecule has 0 N–H and O–H groups in total. The highest BCUT2D eigenvalue weighted by molar-refractivity contribution is 7.89. The molecule has 1 rings (SSSR count). The maximum absolute atomic E-state index is 11.8. The SMILES string of the molecule is CCS(=O)(=O)N1CCC(C(C)C(C)(C)C)CC1. The Kier molecular flexibility index (Phi) is 4.64. The second-order valence-electron chi connectivity index (χ2n) is 6.29. The number of hydrogen-bond acceptors (Lipinski definition) is 2. The molecule has 0 aromatic rings. The zero-order chi connectivity index (χ0) is 13.3. The molecular formula is C13H27NO2S. The molecule has 3 nitrogen and oxygen atoms in total. The van der Waals surface area contributed by atoms with Gasteiger partial charge in [0.15, 0.2) is 0 Å². The Bertz CT molecular complexity index is 335. The number of sulfonamides is 1. The van der Waals surface area contributed by atoms with E-state index < -0.39 is 10.0 Å². The first-order valence-electron chi connectivity index (χ1n) is 6.66. The van der Waals surface area contributed by atoms with Crippen LogP contribution >= 0.6 is 0 Å². The summed E-state index contributed by atoms with van der Waals surface area (Å²) < 4.78 is 25.2. The minimum atomic E-state index is -2.97. The van der Waals surface area contributed by atoms with Crippen molar-refractivity contribution in [3.05, 3.63) is 0 Å². The monoisotopic (exact) mass is 261 g/mol. The number of nitrogens with zero attached hydrogens (tertiary/aromatic N) is 1. The maximum Gasteiger partial charge on any atom is 0.213 e. The van der Waals surface area contributed by atoms with Crippen LogP contribution in [0.4, 0.5) is 0 Å². The average Bonchev–Trinajstić information content (AvgIpc) is 2.27. The van der Waals surface area contributed by atoms with Gasteiger partial charge in [0, 0.05) is 13.1 Å². The van der Waals surface area contributed by atoms with Gasteiger partial charge >= 0.3 is 0 Å². The Labute approximate surface area is 107 Å². The lowest BCUT2D eigenvalue weighted by Crippen LogP contribution is -2.42. The molecule has 1 unspecified atom stereocenters. The van der Waals surface area contributed by atoms with Crippen molar-refractivity contribution in [2.45, 2.75) is 47.5 Å². The zero-order valence-electron chi connectivity index (χ0n) is 11.9. The van der Waals surface area contributed by atoms with E-state index in [4.69, 9.17) is 0 Å². The maximum atomic E-state index is 11.8. The van der Waals surface area contributed by atoms with Crippen LogP contribution in [0.3, 0.4) is 0 Å². The highest BCUT2D eigenvalue weighted by Crippen LogP contribution is 2.37. The van der Waals surface area contributed by atoms with Gasteiger partial charge in [-0.15, -0.1) is 0 Å². The average molecular weight is 261 g/mol. The van der Waals surface area contributed by atoms with E-state index >= 15 is 0 Å². The Balaban J connectivity index is 2.58. The highest BCUT2D eigenvalue weighted by Gasteiger charge is 2.33. The van der Waals surface area contributed by atoms with Gasteiger partial charge in [0.25, 0.3) is 0 Å². The second kappa shape index (κ2) is 5.27. The fourth-order valence-corrected chi connectivity index (χ4v) is 3.68. The smallest absolute Gasteiger partial charge is 0.212 e. The number of hydrogen-bond donors (Lipinski definition) is 0. The van der Waals surface area contributed by atoms with Crippen LogP contribution in [-0.2, 0) is 10.0 Å². The van der Waals surface area contributed by atoms with Gasteiger partial charge in [-0.25, -0.2) is 12.7 Å². The van der Waals surface area contributed by atoms with Crippen molar-refractivity contribution >= 4 is 10.0 Å². The summed E-state index contributed by atoms with van der Waals surface area (Å²) in [6.07, 6.45) is 2.02. The van der Waals surface area contributed by atoms with Crippen molar-refractivity contribution in [2.75, 3.05) is 18.8 Å². The van der Waals surface area contributed by atoms with Gasteiger partial charge in [-0.05, 0) is 37.0 Å². The quantitative estimate of drug-likeness (QED) is 0.783. The third-order valence-corrected chi connectivity index (χ3v) is 6.21. The molecule has 4 heteroatoms. The predicted molar refractivity (Wildman–Crippen MR) is 72.4 cm³/mol. The first-order chi connectivity index (χ1) is 7.68. The molecule has 1 saturated heterocycles. The van der Waals surface area contributed by atoms with Gasteiger partial charge in [-0.1, -0.05) is 27.7 Å². The lowest BCUT2D eigenvalue weighted by molar-refractivity contribution is 0.126. The first kappa shape index (κ1) is 15.0. The molecule has 17 heavy (non-hydrogen) atoms. The van der Waals surface area contributed by atoms with Crippen LogP contribution < -0.4 is 0 Å². The van der Waals surface area contributed by atoms with Gasteiger partial charge < -0.3 is 0 Å². The molecule has 1 aliphatic rings. The summed E-state index contributed by atoms with van der Waals surface area (Å²) in [6, 6.07) is 0. The van der Waals surface area contributed by atoms with Crippen LogP contribution in [0.15, 0.2) is 0 Å². The largest absolute Gasteiger partial charge is 0.213 e. The first-order valence-corrected chi connectivity index (χ1v) is 8.27. The van der Waals surface area contributed by atoms with Crippen LogP contribution in [0.25, 0.3) is 0 Å². The van der Waals surface area contributed by atoms with Gasteiger partial charge in [-0.2, -0.15) is 0 Å². The summed E-state index contributed by atoms with van der Waals surface area (Å²) in [6.45, 7) is 12.3. The molecule has 0 radical (unpaired) electrons. The van der Waals surface area contributed by atoms with Gasteiger partial charge in [0.2, 0.25) is 10.0 Å². The fraction of sp³-hybridized carbons (Fsp3) is 1.00. The molecule has 0 aromatic carbocycles. The summed E-state index contributed by atoms with van der Waals surface area (Å²) in [4.78, 5) is 0. The van der Waals surface area contributed by atoms with Crippen molar-refractivity contribution in [1.82, 2.24) is 4.31 Å². The van der Waals surface area contributed by atoms with Crippen molar-refractivity contribution in [3.8, 4) is 0 Å². The minimum Gasteiger partial charge on any atom is -0.212 e. The summed E-state index contributed by atoms with van der Waals surface area (Å²) >= 11 is 0. The topological polar surface area (TPSA) is 37.4 Å². The van der Waals surface area contributed by atoms with Crippen LogP contribution in [0.5, 0.6) is 0 Å². The second-order valence-corrected chi connectivity index (χ2v) is 8.55. The molecular weight excluding hydrogens is 234 g/mol. The summed E-state index contributed by atoms with van der Waals surface area (Å²) in [5.74, 6) is 1.54. The Morgan fingerprint density at radius 2 is 1.71 bits per heavy atom. The summed E-state index contributed by atoms with van der Waals surface area (Å²) in [5.41, 5.74) is 0.316. The van der Waals surface area contributed by atoms with Crippen LogP contribution in [0.2, 0.25) is 0 Å². The van der Waals surface area contributed by atoms with E-state index in [0.29, 0.717) is 30.3 Å². The van der Waals surface area contributed by atoms with E-state index in [2.05, 4.69) is 27.7 Å². The molecule has 102 valence electrons. The van der Waals surface area contributed by atoms with E-state index in [1.807, 2.05) is 0 Å². The van der Waals surface area contributed by atoms with Gasteiger partial charge in [-0.3, -0.25) is 0 Å². The summed E-state index contributed by atoms with van der Waals surface area (Å²) in [7, 11) is -2.97. The zero-order valence-corrected chi connectivity index (χ0v) is 12.7. The molecule has 1 aliphatic heterocycles. The predicted octanol–water partition coefficient (Wildman–Crippen LogP) is 2.73. The molecule has 1 heterocycles. The van der Waals surface area contributed by atoms with Crippen molar-refractivity contribution in [1.29, 1.82) is 0 Å². The molecule has 1 atom stereocenters. The van der Waals surface area contributed by atoms with Crippen LogP contribution in [0.1, 0.15) is 47.5 Å². The van der Waals surface area contributed by atoms with E-state index in [0.717, 1.165) is 12.8 Å². The van der Waals surface area contributed by atoms with Crippen LogP contribution in [0, 0.1) is 17.3 Å². The molecule has 1 fully saturated rings. The fourth-order valence-electron chi connectivity index (χ4n) is 2.54. The van der Waals surface area contributed by atoms with Crippen LogP contribution in [-0.4, -0.2) is 31.6 Å². The lowest BCUT2D eigenvalue weighted by atomic mass is 9.71. The van der Waals surface area contributed by atoms with E-state index in [1.165, 1.54) is 0 Å². The third kappa shape index (κ3) is 3.68. The standard InChI is InChI=1S/C13H27NO2S/c1-6-17(15,16)14-9-7-12(8-10-14)11(2)13(3,4)5/h11-12H,6-10H2,1-5H3. The molecule has 0 amide bonds. The molecule has 0 saturated carbocycles. The van der Waals surface area contributed by atoms with E-state index in [9.17, 15) is 8.42 Å². The molecule has 0 bridgehead atoms. The van der Waals surface area contributed by atoms with Crippen molar-refractivity contribution in [2.24, 2.45) is 17.3 Å². The summed E-state index contributed by atoms with van der Waals surface area (Å²) in [5, 5.41) is 0. The molecule has 0 spiro atoms. The Hall–Kier alpha value is -0.0900. The van der Waals surface area contributed by atoms with Crippen molar-refractivity contribution in [3.63, 3.8) is 0 Å². The van der Waals surface area contributed by atoms with E-state index in [1.54, 1.807) is 11.2 Å². The number of rotatable bonds is 3. The highest BCUT2D eigenvalue weighted by atomic mass is 32.2. The third-order valence-electron chi connectivity index (χ3n) is 4.33. The number of piperidine rings is 1. The Morgan fingerprint density at radius 3 is 2.06 bits per heavy atom. The minimum absolute atomic E-state index is 0.229. The normalized spacial score (nSPS) is 22.6. The lowest BCUT2D eigenvalue weighted by Gasteiger charge is -2.39. The Morgan fingerprint density at radius 1 is 1.24 bits per heavy atom.